The Labute approximate surface area is 99.6 Å². The van der Waals surface area contributed by atoms with Gasteiger partial charge in [-0.15, -0.1) is 6.42 Å². The quantitative estimate of drug-likeness (QED) is 0.761. The molecule has 4 nitrogen and oxygen atoms in total. The van der Waals surface area contributed by atoms with Crippen LogP contribution in [0.25, 0.3) is 0 Å². The molecule has 0 unspecified atom stereocenters. The highest BCUT2D eigenvalue weighted by Crippen LogP contribution is 2.32. The largest absolute Gasteiger partial charge is 0.488 e. The summed E-state index contributed by atoms with van der Waals surface area (Å²) in [4.78, 5) is 10.9. The minimum Gasteiger partial charge on any atom is -0.488 e. The van der Waals surface area contributed by atoms with Crippen molar-refractivity contribution >= 4 is 11.7 Å². The molecule has 1 aromatic carbocycles. The second kappa shape index (κ2) is 4.79. The molecule has 0 spiro atoms. The summed E-state index contributed by atoms with van der Waals surface area (Å²) in [5, 5.41) is 11.9. The molecule has 2 rings (SSSR count). The summed E-state index contributed by atoms with van der Waals surface area (Å²) in [6.45, 7) is 0.382. The van der Waals surface area contributed by atoms with Crippen LogP contribution in [-0.4, -0.2) is 23.7 Å². The third-order valence-electron chi connectivity index (χ3n) is 2.43. The maximum absolute atomic E-state index is 10.9. The third kappa shape index (κ3) is 2.91. The summed E-state index contributed by atoms with van der Waals surface area (Å²) in [6.07, 6.45) is 7.42. The van der Waals surface area contributed by atoms with Crippen LogP contribution in [0.2, 0.25) is 0 Å². The smallest absolute Gasteiger partial charge is 0.335 e. The highest BCUT2D eigenvalue weighted by Gasteiger charge is 2.25. The number of carbonyl (C=O) groups is 1. The van der Waals surface area contributed by atoms with Gasteiger partial charge in [-0.2, -0.15) is 0 Å². The average Bonchev–Trinajstić information content (AvgIpc) is 3.11. The number of aromatic carboxylic acids is 1. The van der Waals surface area contributed by atoms with Crippen molar-refractivity contribution in [3.63, 3.8) is 0 Å². The number of carboxylic acid groups (broad SMARTS) is 1. The number of anilines is 1. The second-order valence-electron chi connectivity index (χ2n) is 3.89. The predicted octanol–water partition coefficient (Wildman–Crippen LogP) is 1.97. The van der Waals surface area contributed by atoms with Gasteiger partial charge in [-0.25, -0.2) is 4.79 Å². The molecule has 1 aliphatic rings. The molecule has 0 bridgehead atoms. The number of rotatable bonds is 5. The van der Waals surface area contributed by atoms with E-state index in [1.165, 1.54) is 12.1 Å². The Kier molecular flexibility index (Phi) is 3.20. The first-order valence-electron chi connectivity index (χ1n) is 5.42. The molecule has 4 heteroatoms. The summed E-state index contributed by atoms with van der Waals surface area (Å²) in [7, 11) is 0. The monoisotopic (exact) mass is 231 g/mol. The van der Waals surface area contributed by atoms with E-state index in [0.29, 0.717) is 12.3 Å². The summed E-state index contributed by atoms with van der Waals surface area (Å²) in [5.41, 5.74) is 0.951. The predicted molar refractivity (Wildman–Crippen MR) is 64.4 cm³/mol. The van der Waals surface area contributed by atoms with Crippen LogP contribution < -0.4 is 10.1 Å². The molecule has 1 aliphatic carbocycles. The van der Waals surface area contributed by atoms with Gasteiger partial charge in [-0.3, -0.25) is 0 Å². The van der Waals surface area contributed by atoms with Crippen molar-refractivity contribution in [1.29, 1.82) is 0 Å². The molecule has 0 amide bonds. The molecular weight excluding hydrogens is 218 g/mol. The number of hydrogen-bond donors (Lipinski definition) is 2. The Morgan fingerprint density at radius 3 is 2.94 bits per heavy atom. The maximum Gasteiger partial charge on any atom is 0.335 e. The SMILES string of the molecule is C#CCNc1ccc(C(=O)O)cc1OC1CC1. The molecule has 17 heavy (non-hydrogen) atoms. The first kappa shape index (κ1) is 11.3. The van der Waals surface area contributed by atoms with Crippen molar-refractivity contribution in [2.75, 3.05) is 11.9 Å². The minimum absolute atomic E-state index is 0.213. The van der Waals surface area contributed by atoms with E-state index in [9.17, 15) is 4.79 Å². The van der Waals surface area contributed by atoms with E-state index in [1.807, 2.05) is 0 Å². The zero-order chi connectivity index (χ0) is 12.3. The number of terminal acetylenes is 1. The van der Waals surface area contributed by atoms with Gasteiger partial charge in [0.25, 0.3) is 0 Å². The molecule has 2 N–H and O–H groups in total. The Balaban J connectivity index is 2.23. The van der Waals surface area contributed by atoms with Gasteiger partial charge in [0.1, 0.15) is 5.75 Å². The van der Waals surface area contributed by atoms with Gasteiger partial charge in [0.15, 0.2) is 0 Å². The van der Waals surface area contributed by atoms with Crippen molar-refractivity contribution in [2.45, 2.75) is 18.9 Å². The van der Waals surface area contributed by atoms with Crippen molar-refractivity contribution in [2.24, 2.45) is 0 Å². The molecule has 0 saturated heterocycles. The van der Waals surface area contributed by atoms with Crippen LogP contribution in [0.15, 0.2) is 18.2 Å². The van der Waals surface area contributed by atoms with Crippen LogP contribution >= 0.6 is 0 Å². The van der Waals surface area contributed by atoms with Crippen LogP contribution in [0.1, 0.15) is 23.2 Å². The number of benzene rings is 1. The van der Waals surface area contributed by atoms with Gasteiger partial charge in [0.05, 0.1) is 23.9 Å². The Hall–Kier alpha value is -2.15. The number of hydrogen-bond acceptors (Lipinski definition) is 3. The van der Waals surface area contributed by atoms with Crippen LogP contribution in [0.4, 0.5) is 5.69 Å². The molecule has 0 aromatic heterocycles. The number of carboxylic acids is 1. The molecule has 0 radical (unpaired) electrons. The molecule has 88 valence electrons. The molecule has 0 aliphatic heterocycles. The van der Waals surface area contributed by atoms with Gasteiger partial charge in [0, 0.05) is 0 Å². The van der Waals surface area contributed by atoms with E-state index in [4.69, 9.17) is 16.3 Å². The Morgan fingerprint density at radius 2 is 2.35 bits per heavy atom. The van der Waals surface area contributed by atoms with Crippen molar-refractivity contribution < 1.29 is 14.6 Å². The zero-order valence-electron chi connectivity index (χ0n) is 9.27. The molecule has 1 fully saturated rings. The summed E-state index contributed by atoms with van der Waals surface area (Å²) < 4.78 is 5.65. The third-order valence-corrected chi connectivity index (χ3v) is 2.43. The fourth-order valence-corrected chi connectivity index (χ4v) is 1.41. The average molecular weight is 231 g/mol. The van der Waals surface area contributed by atoms with Gasteiger partial charge < -0.3 is 15.2 Å². The molecule has 0 heterocycles. The lowest BCUT2D eigenvalue weighted by Crippen LogP contribution is -2.06. The van der Waals surface area contributed by atoms with Crippen LogP contribution in [0.5, 0.6) is 5.75 Å². The highest BCUT2D eigenvalue weighted by atomic mass is 16.5. The standard InChI is InChI=1S/C13H13NO3/c1-2-7-14-11-6-3-9(13(15)16)8-12(11)17-10-4-5-10/h1,3,6,8,10,14H,4-5,7H2,(H,15,16). The first-order valence-corrected chi connectivity index (χ1v) is 5.42. The number of nitrogens with one attached hydrogen (secondary N) is 1. The van der Waals surface area contributed by atoms with E-state index in [2.05, 4.69) is 11.2 Å². The first-order chi connectivity index (χ1) is 8.20. The van der Waals surface area contributed by atoms with E-state index in [-0.39, 0.29) is 11.7 Å². The van der Waals surface area contributed by atoms with Gasteiger partial charge in [-0.05, 0) is 31.0 Å². The molecule has 1 aromatic rings. The van der Waals surface area contributed by atoms with Crippen LogP contribution in [0.3, 0.4) is 0 Å². The van der Waals surface area contributed by atoms with E-state index in [1.54, 1.807) is 6.07 Å². The molecule has 0 atom stereocenters. The van der Waals surface area contributed by atoms with Crippen molar-refractivity contribution in [3.8, 4) is 18.1 Å². The maximum atomic E-state index is 10.9. The second-order valence-corrected chi connectivity index (χ2v) is 3.89. The fourth-order valence-electron chi connectivity index (χ4n) is 1.41. The Bertz CT molecular complexity index is 472. The zero-order valence-corrected chi connectivity index (χ0v) is 9.27. The van der Waals surface area contributed by atoms with E-state index >= 15 is 0 Å². The van der Waals surface area contributed by atoms with Gasteiger partial charge >= 0.3 is 5.97 Å². The van der Waals surface area contributed by atoms with Crippen molar-refractivity contribution in [3.05, 3.63) is 23.8 Å². The van der Waals surface area contributed by atoms with Gasteiger partial charge in [0.2, 0.25) is 0 Å². The summed E-state index contributed by atoms with van der Waals surface area (Å²) in [5.74, 6) is 2.06. The van der Waals surface area contributed by atoms with Crippen LogP contribution in [-0.2, 0) is 0 Å². The summed E-state index contributed by atoms with van der Waals surface area (Å²) >= 11 is 0. The lowest BCUT2D eigenvalue weighted by atomic mass is 10.2. The molecule has 1 saturated carbocycles. The topological polar surface area (TPSA) is 58.6 Å². The van der Waals surface area contributed by atoms with E-state index < -0.39 is 5.97 Å². The Morgan fingerprint density at radius 1 is 1.59 bits per heavy atom. The highest BCUT2D eigenvalue weighted by molar-refractivity contribution is 5.89. The lowest BCUT2D eigenvalue weighted by Gasteiger charge is -2.12. The lowest BCUT2D eigenvalue weighted by molar-refractivity contribution is 0.0696. The van der Waals surface area contributed by atoms with Crippen LogP contribution in [0, 0.1) is 12.3 Å². The minimum atomic E-state index is -0.964. The normalized spacial score (nSPS) is 13.8. The summed E-state index contributed by atoms with van der Waals surface area (Å²) in [6, 6.07) is 4.74. The number of ether oxygens (including phenoxy) is 1. The van der Waals surface area contributed by atoms with Crippen molar-refractivity contribution in [1.82, 2.24) is 0 Å². The fraction of sp³-hybridized carbons (Fsp3) is 0.308. The van der Waals surface area contributed by atoms with Gasteiger partial charge in [-0.1, -0.05) is 5.92 Å². The molecular formula is C13H13NO3. The van der Waals surface area contributed by atoms with E-state index in [0.717, 1.165) is 18.5 Å².